The molecule has 0 radical (unpaired) electrons. The first-order chi connectivity index (χ1) is 16.5. The van der Waals surface area contributed by atoms with Crippen molar-refractivity contribution < 1.29 is 29.3 Å². The molecule has 3 N–H and O–H groups in total. The second kappa shape index (κ2) is 15.5. The molecule has 0 aliphatic heterocycles. The lowest BCUT2D eigenvalue weighted by atomic mass is 10.1. The van der Waals surface area contributed by atoms with Crippen LogP contribution >= 0.6 is 0 Å². The summed E-state index contributed by atoms with van der Waals surface area (Å²) in [7, 11) is 1.65. The molecule has 0 aliphatic carbocycles. The first kappa shape index (κ1) is 26.9. The lowest BCUT2D eigenvalue weighted by Gasteiger charge is -2.13. The molecule has 2 aromatic carbocycles. The van der Waals surface area contributed by atoms with Crippen LogP contribution in [-0.2, 0) is 16.0 Å². The van der Waals surface area contributed by atoms with Crippen LogP contribution in [0.15, 0.2) is 48.5 Å². The summed E-state index contributed by atoms with van der Waals surface area (Å²) >= 11 is 0. The van der Waals surface area contributed by atoms with E-state index in [1.807, 2.05) is 24.3 Å². The van der Waals surface area contributed by atoms with E-state index in [0.29, 0.717) is 43.7 Å². The van der Waals surface area contributed by atoms with Gasteiger partial charge < -0.3 is 25.0 Å². The molecular weight excluding hydrogens is 434 g/mol. The number of hydrogen-bond acceptors (Lipinski definition) is 5. The van der Waals surface area contributed by atoms with Crippen LogP contribution in [0.3, 0.4) is 0 Å². The molecule has 2 rings (SSSR count). The van der Waals surface area contributed by atoms with Crippen molar-refractivity contribution in [2.75, 3.05) is 25.6 Å². The number of hydrogen-bond donors (Lipinski definition) is 3. The van der Waals surface area contributed by atoms with Gasteiger partial charge in [-0.05, 0) is 80.0 Å². The van der Waals surface area contributed by atoms with Crippen molar-refractivity contribution in [2.24, 2.45) is 0 Å². The van der Waals surface area contributed by atoms with Crippen molar-refractivity contribution in [1.82, 2.24) is 0 Å². The lowest BCUT2D eigenvalue weighted by molar-refractivity contribution is -0.137. The number of aliphatic hydroxyl groups excluding tert-OH is 1. The van der Waals surface area contributed by atoms with Gasteiger partial charge in [-0.25, -0.2) is 0 Å². The molecule has 0 bridgehead atoms. The van der Waals surface area contributed by atoms with Gasteiger partial charge in [0.05, 0.1) is 13.7 Å². The fourth-order valence-electron chi connectivity index (χ4n) is 3.34. The summed E-state index contributed by atoms with van der Waals surface area (Å²) < 4.78 is 11.1. The largest absolute Gasteiger partial charge is 0.497 e. The number of ether oxygens (including phenoxy) is 2. The highest BCUT2D eigenvalue weighted by Gasteiger charge is 2.10. The van der Waals surface area contributed by atoms with Crippen molar-refractivity contribution in [2.45, 2.75) is 51.4 Å². The predicted molar refractivity (Wildman–Crippen MR) is 133 cm³/mol. The molecule has 0 heterocycles. The Bertz CT molecular complexity index is 923. The molecule has 7 heteroatoms. The average molecular weight is 470 g/mol. The van der Waals surface area contributed by atoms with E-state index < -0.39 is 5.97 Å². The third-order valence-corrected chi connectivity index (χ3v) is 5.21. The molecular formula is C27H35NO6. The normalized spacial score (nSPS) is 10.9. The molecule has 0 atom stereocenters. The predicted octanol–water partition coefficient (Wildman–Crippen LogP) is 5.08. The van der Waals surface area contributed by atoms with Crippen LogP contribution in [0.5, 0.6) is 11.5 Å². The van der Waals surface area contributed by atoms with E-state index in [1.54, 1.807) is 25.3 Å². The molecule has 0 aliphatic rings. The van der Waals surface area contributed by atoms with E-state index in [0.717, 1.165) is 36.1 Å². The van der Waals surface area contributed by atoms with Crippen LogP contribution in [0.2, 0.25) is 0 Å². The first-order valence-electron chi connectivity index (χ1n) is 11.7. The monoisotopic (exact) mass is 469 g/mol. The minimum atomic E-state index is -0.881. The van der Waals surface area contributed by atoms with Crippen LogP contribution in [0.1, 0.15) is 56.1 Å². The number of carbonyl (C=O) groups excluding carboxylic acids is 1. The molecule has 7 nitrogen and oxygen atoms in total. The number of unbranched alkanes of at least 4 members (excludes halogenated alkanes) is 3. The van der Waals surface area contributed by atoms with E-state index in [9.17, 15) is 9.59 Å². The molecule has 2 aromatic rings. The Morgan fingerprint density at radius 3 is 2.50 bits per heavy atom. The number of carboxylic acid groups (broad SMARTS) is 1. The highest BCUT2D eigenvalue weighted by molar-refractivity contribution is 5.90. The summed E-state index contributed by atoms with van der Waals surface area (Å²) in [6.07, 6.45) is 8.83. The molecule has 1 amide bonds. The summed E-state index contributed by atoms with van der Waals surface area (Å²) in [6, 6.07) is 13.2. The molecule has 184 valence electrons. The van der Waals surface area contributed by atoms with Crippen LogP contribution in [0.4, 0.5) is 5.69 Å². The zero-order valence-corrected chi connectivity index (χ0v) is 19.8. The molecule has 0 unspecified atom stereocenters. The second-order valence-electron chi connectivity index (χ2n) is 7.96. The van der Waals surface area contributed by atoms with Gasteiger partial charge in [0, 0.05) is 25.1 Å². The van der Waals surface area contributed by atoms with Crippen molar-refractivity contribution in [3.63, 3.8) is 0 Å². The van der Waals surface area contributed by atoms with Crippen molar-refractivity contribution in [3.05, 3.63) is 59.7 Å². The quantitative estimate of drug-likeness (QED) is 0.296. The Morgan fingerprint density at radius 1 is 1.00 bits per heavy atom. The number of nitrogens with one attached hydrogen (secondary N) is 1. The number of aliphatic carboxylic acids is 1. The van der Waals surface area contributed by atoms with Crippen LogP contribution in [-0.4, -0.2) is 42.4 Å². The van der Waals surface area contributed by atoms with Gasteiger partial charge in [-0.1, -0.05) is 24.3 Å². The molecule has 0 spiro atoms. The summed E-state index contributed by atoms with van der Waals surface area (Å²) in [4.78, 5) is 23.1. The van der Waals surface area contributed by atoms with Gasteiger partial charge in [0.1, 0.15) is 11.5 Å². The third kappa shape index (κ3) is 10.5. The van der Waals surface area contributed by atoms with Crippen molar-refractivity contribution in [1.29, 1.82) is 0 Å². The fourth-order valence-corrected chi connectivity index (χ4v) is 3.34. The van der Waals surface area contributed by atoms with Gasteiger partial charge in [-0.2, -0.15) is 0 Å². The van der Waals surface area contributed by atoms with Crippen LogP contribution < -0.4 is 14.8 Å². The Kier molecular flexibility index (Phi) is 12.3. The van der Waals surface area contributed by atoms with Gasteiger partial charge in [0.15, 0.2) is 0 Å². The number of allylic oxidation sites excluding steroid dienone is 1. The van der Waals surface area contributed by atoms with Gasteiger partial charge in [-0.3, -0.25) is 9.59 Å². The maximum absolute atomic E-state index is 12.0. The first-order valence-corrected chi connectivity index (χ1v) is 11.7. The molecule has 34 heavy (non-hydrogen) atoms. The molecule has 0 fully saturated rings. The second-order valence-corrected chi connectivity index (χ2v) is 7.96. The fraction of sp³-hybridized carbons (Fsp3) is 0.407. The highest BCUT2D eigenvalue weighted by Crippen LogP contribution is 2.25. The number of methoxy groups -OCH3 is 1. The molecule has 0 aromatic heterocycles. The van der Waals surface area contributed by atoms with Crippen LogP contribution in [0.25, 0.3) is 6.08 Å². The Labute approximate surface area is 201 Å². The maximum Gasteiger partial charge on any atom is 0.303 e. The Hall–Kier alpha value is -3.32. The summed E-state index contributed by atoms with van der Waals surface area (Å²) in [6.45, 7) is 0.598. The average Bonchev–Trinajstić information content (AvgIpc) is 2.83. The number of carboxylic acids is 1. The lowest BCUT2D eigenvalue weighted by Crippen LogP contribution is -2.12. The van der Waals surface area contributed by atoms with E-state index in [4.69, 9.17) is 19.7 Å². The van der Waals surface area contributed by atoms with Gasteiger partial charge in [0.25, 0.3) is 0 Å². The SMILES string of the molecule is COc1ccc(C=CCCCCOc2ccc(NC(=O)CCCCO)cc2CCC(=O)O)cc1. The topological polar surface area (TPSA) is 105 Å². The number of benzene rings is 2. The zero-order valence-electron chi connectivity index (χ0n) is 19.8. The van der Waals surface area contributed by atoms with Gasteiger partial charge in [-0.15, -0.1) is 0 Å². The van der Waals surface area contributed by atoms with E-state index in [-0.39, 0.29) is 18.9 Å². The number of amides is 1. The van der Waals surface area contributed by atoms with Crippen molar-refractivity contribution in [3.8, 4) is 11.5 Å². The standard InChI is InChI=1S/C27H35NO6/c1-33-24-14-10-21(11-15-24)8-4-2-3-7-19-34-25-16-13-23(20-22(25)12-17-27(31)32)28-26(30)9-5-6-18-29/h4,8,10-11,13-16,20,29H,2-3,5-7,9,12,17-19H2,1H3,(H,28,30)(H,31,32). The van der Waals surface area contributed by atoms with E-state index in [2.05, 4.69) is 17.5 Å². The van der Waals surface area contributed by atoms with Gasteiger partial charge in [0.2, 0.25) is 5.91 Å². The minimum absolute atomic E-state index is 0.0135. The summed E-state index contributed by atoms with van der Waals surface area (Å²) in [5.74, 6) is 0.473. The number of rotatable bonds is 16. The Balaban J connectivity index is 1.82. The zero-order chi connectivity index (χ0) is 24.6. The summed E-state index contributed by atoms with van der Waals surface area (Å²) in [5, 5.41) is 20.7. The van der Waals surface area contributed by atoms with Crippen molar-refractivity contribution >= 4 is 23.6 Å². The summed E-state index contributed by atoms with van der Waals surface area (Å²) in [5.41, 5.74) is 2.50. The third-order valence-electron chi connectivity index (χ3n) is 5.21. The number of carbonyl (C=O) groups is 2. The van der Waals surface area contributed by atoms with E-state index >= 15 is 0 Å². The maximum atomic E-state index is 12.0. The number of aryl methyl sites for hydroxylation is 1. The van der Waals surface area contributed by atoms with Gasteiger partial charge >= 0.3 is 5.97 Å². The minimum Gasteiger partial charge on any atom is -0.497 e. The number of aliphatic hydroxyl groups is 1. The smallest absolute Gasteiger partial charge is 0.303 e. The Morgan fingerprint density at radius 2 is 1.79 bits per heavy atom. The van der Waals surface area contributed by atoms with E-state index in [1.165, 1.54) is 0 Å². The van der Waals surface area contributed by atoms with Crippen LogP contribution in [0, 0.1) is 0 Å². The molecule has 0 saturated carbocycles. The highest BCUT2D eigenvalue weighted by atomic mass is 16.5. The molecule has 0 saturated heterocycles. The number of anilines is 1.